The first kappa shape index (κ1) is 15.0. The monoisotopic (exact) mass is 281 g/mol. The Hall–Kier alpha value is -1.40. The number of likely N-dealkylation sites (tertiary alicyclic amines) is 1. The van der Waals surface area contributed by atoms with Gasteiger partial charge in [0.25, 0.3) is 5.56 Å². The predicted molar refractivity (Wildman–Crippen MR) is 76.7 cm³/mol. The van der Waals surface area contributed by atoms with Gasteiger partial charge in [-0.05, 0) is 25.8 Å². The third-order valence-corrected chi connectivity index (χ3v) is 4.20. The summed E-state index contributed by atoms with van der Waals surface area (Å²) >= 11 is 0. The zero-order chi connectivity index (χ0) is 14.7. The largest absolute Gasteiger partial charge is 0.396 e. The smallest absolute Gasteiger partial charge is 0.330 e. The summed E-state index contributed by atoms with van der Waals surface area (Å²) in [4.78, 5) is 26.0. The molecule has 1 aromatic heterocycles. The Morgan fingerprint density at radius 2 is 2.00 bits per heavy atom. The number of hydrogen-bond acceptors (Lipinski definition) is 4. The van der Waals surface area contributed by atoms with E-state index in [4.69, 9.17) is 5.11 Å². The highest BCUT2D eigenvalue weighted by Gasteiger charge is 2.23. The van der Waals surface area contributed by atoms with Crippen molar-refractivity contribution < 1.29 is 5.11 Å². The summed E-state index contributed by atoms with van der Waals surface area (Å²) in [5.41, 5.74) is 0.185. The van der Waals surface area contributed by atoms with Crippen LogP contribution in [0.5, 0.6) is 0 Å². The molecule has 1 saturated heterocycles. The van der Waals surface area contributed by atoms with Crippen LogP contribution in [0.1, 0.15) is 31.4 Å². The Balaban J connectivity index is 2.24. The maximum Gasteiger partial charge on any atom is 0.330 e. The molecule has 0 aliphatic carbocycles. The summed E-state index contributed by atoms with van der Waals surface area (Å²) in [5.74, 6) is 0. The summed E-state index contributed by atoms with van der Waals surface area (Å²) in [6.45, 7) is 1.72. The molecule has 1 fully saturated rings. The SMILES string of the molecule is Cn1c(CN2CCCCC2CCO)cc(=O)n(C)c1=O. The Labute approximate surface area is 118 Å². The van der Waals surface area contributed by atoms with Crippen LogP contribution in [0.4, 0.5) is 0 Å². The Bertz CT molecular complexity index is 574. The molecule has 1 unspecified atom stereocenters. The van der Waals surface area contributed by atoms with Gasteiger partial charge in [-0.1, -0.05) is 6.42 Å². The van der Waals surface area contributed by atoms with Crippen LogP contribution < -0.4 is 11.2 Å². The Morgan fingerprint density at radius 1 is 1.25 bits per heavy atom. The summed E-state index contributed by atoms with van der Waals surface area (Å²) in [5, 5.41) is 9.15. The molecule has 0 bridgehead atoms. The number of aromatic nitrogens is 2. The first-order valence-corrected chi connectivity index (χ1v) is 7.15. The van der Waals surface area contributed by atoms with Crippen molar-refractivity contribution in [2.24, 2.45) is 14.1 Å². The standard InChI is InChI=1S/C14H23N3O3/c1-15-12(9-13(19)16(2)14(15)20)10-17-7-4-3-5-11(17)6-8-18/h9,11,18H,3-8,10H2,1-2H3. The molecule has 112 valence electrons. The van der Waals surface area contributed by atoms with E-state index < -0.39 is 0 Å². The Kier molecular flexibility index (Phi) is 4.77. The molecular weight excluding hydrogens is 258 g/mol. The van der Waals surface area contributed by atoms with E-state index in [1.54, 1.807) is 7.05 Å². The van der Waals surface area contributed by atoms with Gasteiger partial charge >= 0.3 is 5.69 Å². The highest BCUT2D eigenvalue weighted by atomic mass is 16.3. The van der Waals surface area contributed by atoms with Gasteiger partial charge in [-0.15, -0.1) is 0 Å². The number of aliphatic hydroxyl groups is 1. The number of hydrogen-bond donors (Lipinski definition) is 1. The first-order valence-electron chi connectivity index (χ1n) is 7.15. The fourth-order valence-electron chi connectivity index (χ4n) is 2.88. The van der Waals surface area contributed by atoms with Crippen LogP contribution in [-0.4, -0.2) is 38.3 Å². The zero-order valence-corrected chi connectivity index (χ0v) is 12.2. The third-order valence-electron chi connectivity index (χ3n) is 4.20. The lowest BCUT2D eigenvalue weighted by molar-refractivity contribution is 0.109. The van der Waals surface area contributed by atoms with Gasteiger partial charge < -0.3 is 5.11 Å². The van der Waals surface area contributed by atoms with E-state index in [1.165, 1.54) is 24.1 Å². The predicted octanol–water partition coefficient (Wildman–Crippen LogP) is -0.179. The molecule has 2 heterocycles. The second kappa shape index (κ2) is 6.37. The van der Waals surface area contributed by atoms with Crippen molar-refractivity contribution >= 4 is 0 Å². The van der Waals surface area contributed by atoms with Crippen LogP contribution >= 0.6 is 0 Å². The maximum absolute atomic E-state index is 11.9. The summed E-state index contributed by atoms with van der Waals surface area (Å²) in [7, 11) is 3.19. The molecule has 0 radical (unpaired) electrons. The molecule has 0 amide bonds. The van der Waals surface area contributed by atoms with E-state index in [0.29, 0.717) is 12.6 Å². The fraction of sp³-hybridized carbons (Fsp3) is 0.714. The van der Waals surface area contributed by atoms with Gasteiger partial charge in [0.15, 0.2) is 0 Å². The first-order chi connectivity index (χ1) is 9.54. The molecule has 6 nitrogen and oxygen atoms in total. The van der Waals surface area contributed by atoms with Crippen molar-refractivity contribution in [3.63, 3.8) is 0 Å². The van der Waals surface area contributed by atoms with Crippen molar-refractivity contribution in [3.05, 3.63) is 32.6 Å². The lowest BCUT2D eigenvalue weighted by Gasteiger charge is -2.35. The molecule has 0 saturated carbocycles. The fourth-order valence-corrected chi connectivity index (χ4v) is 2.88. The zero-order valence-electron chi connectivity index (χ0n) is 12.2. The molecule has 0 aromatic carbocycles. The third kappa shape index (κ3) is 3.02. The lowest BCUT2D eigenvalue weighted by atomic mass is 9.99. The Morgan fingerprint density at radius 3 is 2.70 bits per heavy atom. The average Bonchev–Trinajstić information content (AvgIpc) is 2.45. The van der Waals surface area contributed by atoms with Crippen molar-refractivity contribution in [1.29, 1.82) is 0 Å². The van der Waals surface area contributed by atoms with Gasteiger partial charge in [0.2, 0.25) is 0 Å². The number of aliphatic hydroxyl groups excluding tert-OH is 1. The van der Waals surface area contributed by atoms with E-state index in [1.807, 2.05) is 0 Å². The summed E-state index contributed by atoms with van der Waals surface area (Å²) in [6, 6.07) is 1.87. The minimum absolute atomic E-state index is 0.177. The van der Waals surface area contributed by atoms with Crippen LogP contribution in [0.3, 0.4) is 0 Å². The van der Waals surface area contributed by atoms with E-state index >= 15 is 0 Å². The van der Waals surface area contributed by atoms with Gasteiger partial charge in [-0.3, -0.25) is 18.8 Å². The van der Waals surface area contributed by atoms with Crippen LogP contribution in [0.25, 0.3) is 0 Å². The topological polar surface area (TPSA) is 67.5 Å². The highest BCUT2D eigenvalue weighted by Crippen LogP contribution is 2.21. The quantitative estimate of drug-likeness (QED) is 0.831. The van der Waals surface area contributed by atoms with Crippen molar-refractivity contribution in [3.8, 4) is 0 Å². The van der Waals surface area contributed by atoms with Crippen LogP contribution in [0.15, 0.2) is 15.7 Å². The minimum Gasteiger partial charge on any atom is -0.396 e. The molecule has 1 aromatic rings. The van der Waals surface area contributed by atoms with Gasteiger partial charge in [0.05, 0.1) is 0 Å². The molecule has 1 atom stereocenters. The second-order valence-corrected chi connectivity index (χ2v) is 5.51. The van der Waals surface area contributed by atoms with Gasteiger partial charge in [0.1, 0.15) is 0 Å². The second-order valence-electron chi connectivity index (χ2n) is 5.51. The van der Waals surface area contributed by atoms with Gasteiger partial charge in [0, 0.05) is 45.0 Å². The minimum atomic E-state index is -0.289. The molecule has 6 heteroatoms. The molecule has 1 aliphatic heterocycles. The molecule has 2 rings (SSSR count). The van der Waals surface area contributed by atoms with Crippen molar-refractivity contribution in [2.45, 2.75) is 38.3 Å². The van der Waals surface area contributed by atoms with E-state index in [0.717, 1.165) is 36.1 Å². The van der Waals surface area contributed by atoms with Crippen molar-refractivity contribution in [2.75, 3.05) is 13.2 Å². The van der Waals surface area contributed by atoms with E-state index in [2.05, 4.69) is 4.90 Å². The van der Waals surface area contributed by atoms with Crippen LogP contribution in [0.2, 0.25) is 0 Å². The molecule has 0 spiro atoms. The normalized spacial score (nSPS) is 20.2. The van der Waals surface area contributed by atoms with Gasteiger partial charge in [-0.25, -0.2) is 4.79 Å². The maximum atomic E-state index is 11.9. The highest BCUT2D eigenvalue weighted by molar-refractivity contribution is 5.03. The number of piperidine rings is 1. The van der Waals surface area contributed by atoms with Crippen LogP contribution in [0, 0.1) is 0 Å². The molecular formula is C14H23N3O3. The average molecular weight is 281 g/mol. The lowest BCUT2D eigenvalue weighted by Crippen LogP contribution is -2.43. The number of rotatable bonds is 4. The summed E-state index contributed by atoms with van der Waals surface area (Å²) < 4.78 is 2.65. The van der Waals surface area contributed by atoms with E-state index in [-0.39, 0.29) is 17.9 Å². The molecule has 1 N–H and O–H groups in total. The van der Waals surface area contributed by atoms with E-state index in [9.17, 15) is 9.59 Å². The molecule has 1 aliphatic rings. The number of nitrogens with zero attached hydrogens (tertiary/aromatic N) is 3. The van der Waals surface area contributed by atoms with Crippen LogP contribution in [-0.2, 0) is 20.6 Å². The summed E-state index contributed by atoms with van der Waals surface area (Å²) in [6.07, 6.45) is 4.12. The molecule has 20 heavy (non-hydrogen) atoms. The van der Waals surface area contributed by atoms with Crippen molar-refractivity contribution in [1.82, 2.24) is 14.0 Å². The van der Waals surface area contributed by atoms with Gasteiger partial charge in [-0.2, -0.15) is 0 Å².